The van der Waals surface area contributed by atoms with Gasteiger partial charge in [0.05, 0.1) is 7.05 Å². The molecule has 0 aliphatic rings. The second-order valence-corrected chi connectivity index (χ2v) is 2.58. The summed E-state index contributed by atoms with van der Waals surface area (Å²) in [4.78, 5) is 3.76. The Kier molecular flexibility index (Phi) is 1.97. The summed E-state index contributed by atoms with van der Waals surface area (Å²) >= 11 is 11.3. The number of rotatable bonds is 0. The van der Waals surface area contributed by atoms with E-state index in [0.717, 1.165) is 0 Å². The summed E-state index contributed by atoms with van der Waals surface area (Å²) in [6.45, 7) is 0. The van der Waals surface area contributed by atoms with Gasteiger partial charge in [-0.05, 0) is 16.6 Å². The molecule has 2 N–H and O–H groups in total. The number of aromatic nitrogens is 2. The molecule has 0 fully saturated rings. The molecule has 3 nitrogen and oxygen atoms in total. The lowest BCUT2D eigenvalue weighted by atomic mass is 10.6. The van der Waals surface area contributed by atoms with E-state index in [9.17, 15) is 0 Å². The van der Waals surface area contributed by atoms with Gasteiger partial charge in [0.1, 0.15) is 0 Å². The Hall–Kier alpha value is -0.540. The smallest absolute Gasteiger partial charge is 0.289 e. The maximum atomic E-state index is 5.69. The predicted octanol–water partition coefficient (Wildman–Crippen LogP) is 0.795. The molecule has 1 aromatic heterocycles. The van der Waals surface area contributed by atoms with E-state index in [1.165, 1.54) is 6.33 Å². The van der Waals surface area contributed by atoms with Gasteiger partial charge in [-0.3, -0.25) is 0 Å². The molecule has 0 radical (unpaired) electrons. The monoisotopic (exact) mass is 178 g/mol. The minimum absolute atomic E-state index is 0.254. The number of aryl methyl sites for hydroxylation is 1. The maximum Gasteiger partial charge on any atom is 0.289 e. The van der Waals surface area contributed by atoms with Crippen molar-refractivity contribution in [2.24, 2.45) is 7.05 Å². The van der Waals surface area contributed by atoms with E-state index in [1.54, 1.807) is 11.6 Å². The van der Waals surface area contributed by atoms with Crippen LogP contribution in [0.1, 0.15) is 0 Å². The van der Waals surface area contributed by atoms with Crippen molar-refractivity contribution in [1.29, 1.82) is 0 Å². The van der Waals surface area contributed by atoms with Gasteiger partial charge in [0.25, 0.3) is 12.1 Å². The van der Waals surface area contributed by atoms with Gasteiger partial charge in [-0.15, -0.1) is 0 Å². The van der Waals surface area contributed by atoms with Gasteiger partial charge < -0.3 is 5.73 Å². The van der Waals surface area contributed by atoms with Crippen LogP contribution in [0.25, 0.3) is 0 Å². The van der Waals surface area contributed by atoms with Crippen molar-refractivity contribution < 1.29 is 4.57 Å². The Morgan fingerprint density at radius 1 is 1.60 bits per heavy atom. The lowest BCUT2D eigenvalue weighted by Crippen LogP contribution is -2.30. The molecule has 0 aromatic carbocycles. The number of halogens is 2. The minimum atomic E-state index is 0.254. The van der Waals surface area contributed by atoms with Crippen LogP contribution in [0, 0.1) is 0 Å². The molecule has 0 saturated heterocycles. The topological polar surface area (TPSA) is 42.8 Å². The van der Waals surface area contributed by atoms with E-state index in [1.807, 2.05) is 0 Å². The van der Waals surface area contributed by atoms with E-state index in [0.29, 0.717) is 10.2 Å². The molecule has 10 heavy (non-hydrogen) atoms. The highest BCUT2D eigenvalue weighted by atomic mass is 35.5. The van der Waals surface area contributed by atoms with Crippen LogP contribution in [0.15, 0.2) is 6.33 Å². The van der Waals surface area contributed by atoms with Crippen molar-refractivity contribution in [3.63, 3.8) is 0 Å². The summed E-state index contributed by atoms with van der Waals surface area (Å²) in [5, 5.41) is 0.695. The molecule has 0 atom stereocenters. The molecular weight excluding hydrogens is 173 g/mol. The van der Waals surface area contributed by atoms with Crippen LogP contribution in [0.3, 0.4) is 0 Å². The fourth-order valence-electron chi connectivity index (χ4n) is 0.517. The van der Waals surface area contributed by atoms with Crippen molar-refractivity contribution in [3.05, 3.63) is 16.5 Å². The Bertz CT molecular complexity index is 234. The molecule has 54 valence electrons. The first-order chi connectivity index (χ1) is 4.63. The number of nitrogens with two attached hydrogens (primary N) is 1. The molecule has 0 aliphatic heterocycles. The Balaban J connectivity index is 3.34. The van der Waals surface area contributed by atoms with Crippen molar-refractivity contribution in [2.75, 3.05) is 5.73 Å². The highest BCUT2D eigenvalue weighted by Crippen LogP contribution is 2.20. The molecule has 0 aliphatic carbocycles. The summed E-state index contributed by atoms with van der Waals surface area (Å²) in [6, 6.07) is 0. The maximum absolute atomic E-state index is 5.69. The van der Waals surface area contributed by atoms with Crippen LogP contribution in [0.2, 0.25) is 10.2 Å². The molecule has 1 aromatic rings. The van der Waals surface area contributed by atoms with Gasteiger partial charge in [0.2, 0.25) is 5.15 Å². The first-order valence-corrected chi connectivity index (χ1v) is 3.33. The van der Waals surface area contributed by atoms with E-state index < -0.39 is 0 Å². The van der Waals surface area contributed by atoms with Crippen molar-refractivity contribution in [1.82, 2.24) is 4.98 Å². The second-order valence-electron chi connectivity index (χ2n) is 1.85. The number of hydrogen-bond acceptors (Lipinski definition) is 2. The Morgan fingerprint density at radius 2 is 2.20 bits per heavy atom. The molecule has 0 bridgehead atoms. The number of nitrogens with zero attached hydrogens (tertiary/aromatic N) is 2. The predicted molar refractivity (Wildman–Crippen MR) is 39.8 cm³/mol. The fourth-order valence-corrected chi connectivity index (χ4v) is 0.839. The highest BCUT2D eigenvalue weighted by Gasteiger charge is 2.12. The summed E-state index contributed by atoms with van der Waals surface area (Å²) in [7, 11) is 1.74. The molecule has 1 rings (SSSR count). The van der Waals surface area contributed by atoms with Gasteiger partial charge in [0, 0.05) is 0 Å². The second kappa shape index (κ2) is 2.60. The van der Waals surface area contributed by atoms with Crippen LogP contribution in [0.5, 0.6) is 0 Å². The zero-order valence-corrected chi connectivity index (χ0v) is 6.82. The van der Waals surface area contributed by atoms with Gasteiger partial charge in [-0.25, -0.2) is 4.57 Å². The summed E-state index contributed by atoms with van der Waals surface area (Å²) in [5.74, 6) is 0.254. The normalized spacial score (nSPS) is 9.90. The molecular formula is C5H6Cl2N3+. The SMILES string of the molecule is C[n+]1cnc(N)c(Cl)c1Cl. The molecule has 0 amide bonds. The Labute approximate surface area is 68.4 Å². The van der Waals surface area contributed by atoms with E-state index in [2.05, 4.69) is 4.98 Å². The summed E-state index contributed by atoms with van der Waals surface area (Å²) in [5.41, 5.74) is 5.35. The number of anilines is 1. The molecule has 5 heteroatoms. The third kappa shape index (κ3) is 1.15. The third-order valence-electron chi connectivity index (χ3n) is 1.09. The van der Waals surface area contributed by atoms with Crippen molar-refractivity contribution >= 4 is 29.0 Å². The van der Waals surface area contributed by atoms with Crippen LogP contribution in [0.4, 0.5) is 5.82 Å². The average molecular weight is 179 g/mol. The Morgan fingerprint density at radius 3 is 2.70 bits per heavy atom. The fraction of sp³-hybridized carbons (Fsp3) is 0.200. The summed E-state index contributed by atoms with van der Waals surface area (Å²) in [6.07, 6.45) is 1.50. The highest BCUT2D eigenvalue weighted by molar-refractivity contribution is 6.41. The number of hydrogen-bond donors (Lipinski definition) is 1. The average Bonchev–Trinajstić information content (AvgIpc) is 1.93. The minimum Gasteiger partial charge on any atom is -0.361 e. The number of nitrogen functional groups attached to an aromatic ring is 1. The molecule has 1 heterocycles. The first kappa shape index (κ1) is 7.57. The first-order valence-electron chi connectivity index (χ1n) is 2.58. The van der Waals surface area contributed by atoms with Gasteiger partial charge in [-0.1, -0.05) is 11.6 Å². The van der Waals surface area contributed by atoms with Gasteiger partial charge in [-0.2, -0.15) is 0 Å². The lowest BCUT2D eigenvalue weighted by Gasteiger charge is -1.94. The van der Waals surface area contributed by atoms with Crippen LogP contribution in [-0.4, -0.2) is 4.98 Å². The van der Waals surface area contributed by atoms with Crippen molar-refractivity contribution in [2.45, 2.75) is 0 Å². The molecule has 0 saturated carbocycles. The quantitative estimate of drug-likeness (QED) is 0.472. The van der Waals surface area contributed by atoms with E-state index in [-0.39, 0.29) is 5.82 Å². The van der Waals surface area contributed by atoms with E-state index in [4.69, 9.17) is 28.9 Å². The standard InChI is InChI=1S/C5H5Cl2N3/c1-10-2-9-5(8)3(6)4(10)7/h2,8H,1H3/p+1. The van der Waals surface area contributed by atoms with Crippen LogP contribution in [-0.2, 0) is 7.05 Å². The van der Waals surface area contributed by atoms with Gasteiger partial charge >= 0.3 is 0 Å². The van der Waals surface area contributed by atoms with Crippen molar-refractivity contribution in [3.8, 4) is 0 Å². The summed E-state index contributed by atoms with van der Waals surface area (Å²) < 4.78 is 1.58. The third-order valence-corrected chi connectivity index (χ3v) is 2.01. The molecule has 0 unspecified atom stereocenters. The lowest BCUT2D eigenvalue weighted by molar-refractivity contribution is -0.672. The molecule has 0 spiro atoms. The zero-order chi connectivity index (χ0) is 7.72. The van der Waals surface area contributed by atoms with Gasteiger partial charge in [0.15, 0.2) is 5.02 Å². The van der Waals surface area contributed by atoms with E-state index >= 15 is 0 Å². The van der Waals surface area contributed by atoms with Crippen LogP contribution < -0.4 is 10.3 Å². The zero-order valence-electron chi connectivity index (χ0n) is 5.31. The largest absolute Gasteiger partial charge is 0.361 e. The van der Waals surface area contributed by atoms with Crippen LogP contribution >= 0.6 is 23.2 Å².